The van der Waals surface area contributed by atoms with Gasteiger partial charge in [0.2, 0.25) is 5.78 Å². The van der Waals surface area contributed by atoms with E-state index in [2.05, 4.69) is 34.9 Å². The van der Waals surface area contributed by atoms with Gasteiger partial charge in [-0.25, -0.2) is 4.79 Å². The van der Waals surface area contributed by atoms with Crippen molar-refractivity contribution in [1.82, 2.24) is 23.1 Å². The van der Waals surface area contributed by atoms with Crippen molar-refractivity contribution in [3.8, 4) is 11.3 Å². The molecule has 0 atom stereocenters. The van der Waals surface area contributed by atoms with E-state index >= 15 is 0 Å². The summed E-state index contributed by atoms with van der Waals surface area (Å²) in [4.78, 5) is 30.0. The minimum absolute atomic E-state index is 0.357. The van der Waals surface area contributed by atoms with Crippen molar-refractivity contribution in [2.75, 3.05) is 13.7 Å². The monoisotopic (exact) mass is 417 g/mol. The highest BCUT2D eigenvalue weighted by Gasteiger charge is 2.20. The summed E-state index contributed by atoms with van der Waals surface area (Å²) in [6, 6.07) is 14.5. The SMILES string of the molecule is COCCCn1c(-c2ccc3ccccc3c2)cn2c3c(=O)n(C)c(=O)n(C)c3nc12. The minimum atomic E-state index is -0.390. The molecule has 0 N–H and O–H groups in total. The van der Waals surface area contributed by atoms with Gasteiger partial charge in [-0.2, -0.15) is 4.98 Å². The molecule has 0 aliphatic heterocycles. The number of fused-ring (bicyclic) bond motifs is 4. The molecule has 0 bridgehead atoms. The summed E-state index contributed by atoms with van der Waals surface area (Å²) in [6.07, 6.45) is 2.73. The first-order chi connectivity index (χ1) is 15.0. The molecule has 0 fully saturated rings. The molecule has 5 aromatic rings. The highest BCUT2D eigenvalue weighted by atomic mass is 16.5. The number of nitrogens with zero attached hydrogens (tertiary/aromatic N) is 5. The molecule has 0 radical (unpaired) electrons. The number of ether oxygens (including phenoxy) is 1. The summed E-state index contributed by atoms with van der Waals surface area (Å²) in [5.74, 6) is 0.632. The number of methoxy groups -OCH3 is 1. The molecule has 0 unspecified atom stereocenters. The third kappa shape index (κ3) is 2.90. The number of aromatic nitrogens is 5. The van der Waals surface area contributed by atoms with Gasteiger partial charge in [-0.15, -0.1) is 0 Å². The zero-order valence-corrected chi connectivity index (χ0v) is 17.7. The second-order valence-electron chi connectivity index (χ2n) is 7.73. The molecule has 0 saturated carbocycles. The van der Waals surface area contributed by atoms with Crippen molar-refractivity contribution in [3.05, 3.63) is 69.5 Å². The molecule has 0 spiro atoms. The number of hydrogen-bond donors (Lipinski definition) is 0. The summed E-state index contributed by atoms with van der Waals surface area (Å²) in [5.41, 5.74) is 2.03. The Morgan fingerprint density at radius 3 is 2.55 bits per heavy atom. The molecule has 0 aliphatic carbocycles. The van der Waals surface area contributed by atoms with Crippen LogP contribution in [-0.2, 0) is 25.4 Å². The minimum Gasteiger partial charge on any atom is -0.385 e. The van der Waals surface area contributed by atoms with Crippen LogP contribution in [0.5, 0.6) is 0 Å². The lowest BCUT2D eigenvalue weighted by Crippen LogP contribution is -2.37. The van der Waals surface area contributed by atoms with Gasteiger partial charge >= 0.3 is 5.69 Å². The topological polar surface area (TPSA) is 75.5 Å². The van der Waals surface area contributed by atoms with Crippen LogP contribution in [0.3, 0.4) is 0 Å². The van der Waals surface area contributed by atoms with Crippen LogP contribution in [0.15, 0.2) is 58.3 Å². The van der Waals surface area contributed by atoms with Crippen LogP contribution >= 0.6 is 0 Å². The van der Waals surface area contributed by atoms with Crippen molar-refractivity contribution in [2.45, 2.75) is 13.0 Å². The van der Waals surface area contributed by atoms with Crippen molar-refractivity contribution in [1.29, 1.82) is 0 Å². The Morgan fingerprint density at radius 2 is 1.77 bits per heavy atom. The first-order valence-electron chi connectivity index (χ1n) is 10.2. The summed E-state index contributed by atoms with van der Waals surface area (Å²) in [5, 5.41) is 2.31. The van der Waals surface area contributed by atoms with Crippen LogP contribution in [0.1, 0.15) is 6.42 Å². The van der Waals surface area contributed by atoms with Gasteiger partial charge in [0.15, 0.2) is 11.2 Å². The van der Waals surface area contributed by atoms with Gasteiger partial charge < -0.3 is 9.30 Å². The predicted octanol–water partition coefficient (Wildman–Crippen LogP) is 2.54. The van der Waals surface area contributed by atoms with E-state index in [1.54, 1.807) is 18.6 Å². The van der Waals surface area contributed by atoms with Crippen LogP contribution in [0.4, 0.5) is 0 Å². The van der Waals surface area contributed by atoms with Gasteiger partial charge in [-0.3, -0.25) is 18.3 Å². The number of benzene rings is 2. The number of imidazole rings is 2. The maximum atomic E-state index is 12.9. The normalized spacial score (nSPS) is 11.8. The lowest BCUT2D eigenvalue weighted by Gasteiger charge is -2.10. The highest BCUT2D eigenvalue weighted by Crippen LogP contribution is 2.28. The molecule has 3 heterocycles. The van der Waals surface area contributed by atoms with Gasteiger partial charge in [0.25, 0.3) is 5.56 Å². The molecule has 0 aliphatic rings. The lowest BCUT2D eigenvalue weighted by atomic mass is 10.1. The molecular weight excluding hydrogens is 394 g/mol. The van der Waals surface area contributed by atoms with Gasteiger partial charge in [0, 0.05) is 46.1 Å². The Kier molecular flexibility index (Phi) is 4.51. The van der Waals surface area contributed by atoms with Gasteiger partial charge in [-0.05, 0) is 23.3 Å². The summed E-state index contributed by atoms with van der Waals surface area (Å²) < 4.78 is 11.7. The quantitative estimate of drug-likeness (QED) is 0.412. The van der Waals surface area contributed by atoms with Gasteiger partial charge in [0.05, 0.1) is 5.69 Å². The molecular formula is C23H23N5O3. The molecule has 2 aromatic carbocycles. The van der Waals surface area contributed by atoms with Crippen LogP contribution in [0, 0.1) is 0 Å². The van der Waals surface area contributed by atoms with Gasteiger partial charge in [0.1, 0.15) is 0 Å². The largest absolute Gasteiger partial charge is 0.385 e. The summed E-state index contributed by atoms with van der Waals surface area (Å²) in [6.45, 7) is 1.28. The lowest BCUT2D eigenvalue weighted by molar-refractivity contribution is 0.191. The van der Waals surface area contributed by atoms with Crippen LogP contribution in [0.2, 0.25) is 0 Å². The van der Waals surface area contributed by atoms with Crippen LogP contribution in [0.25, 0.3) is 39.0 Å². The first kappa shape index (κ1) is 19.3. The Bertz CT molecular complexity index is 1570. The number of hydrogen-bond acceptors (Lipinski definition) is 4. The fourth-order valence-electron chi connectivity index (χ4n) is 4.18. The van der Waals surface area contributed by atoms with Crippen molar-refractivity contribution >= 4 is 27.7 Å². The fourth-order valence-corrected chi connectivity index (χ4v) is 4.18. The smallest absolute Gasteiger partial charge is 0.332 e. The average Bonchev–Trinajstić information content (AvgIpc) is 3.33. The molecule has 158 valence electrons. The maximum absolute atomic E-state index is 12.9. The standard InChI is InChI=1S/C23H23N5O3/c1-25-20-19(21(29)26(2)23(25)30)28-14-18(27(22(28)24-20)11-6-12-31-3)17-10-9-15-7-4-5-8-16(15)13-17/h4-5,7-10,13-14H,6,11-12H2,1-3H3. The van der Waals surface area contributed by atoms with Crippen LogP contribution in [-0.4, -0.2) is 36.8 Å². The van der Waals surface area contributed by atoms with E-state index in [-0.39, 0.29) is 11.2 Å². The van der Waals surface area contributed by atoms with E-state index in [1.165, 1.54) is 17.0 Å². The molecule has 31 heavy (non-hydrogen) atoms. The van der Waals surface area contributed by atoms with Gasteiger partial charge in [-0.1, -0.05) is 36.4 Å². The van der Waals surface area contributed by atoms with Crippen molar-refractivity contribution < 1.29 is 4.74 Å². The third-order valence-corrected chi connectivity index (χ3v) is 5.83. The van der Waals surface area contributed by atoms with Crippen LogP contribution < -0.4 is 11.2 Å². The maximum Gasteiger partial charge on any atom is 0.332 e. The molecule has 0 amide bonds. The Morgan fingerprint density at radius 1 is 1.00 bits per heavy atom. The predicted molar refractivity (Wildman–Crippen MR) is 121 cm³/mol. The first-order valence-corrected chi connectivity index (χ1v) is 10.2. The van der Waals surface area contributed by atoms with E-state index in [0.717, 1.165) is 27.6 Å². The van der Waals surface area contributed by atoms with E-state index in [4.69, 9.17) is 9.72 Å². The average molecular weight is 417 g/mol. The van der Waals surface area contributed by atoms with E-state index in [1.807, 2.05) is 18.3 Å². The zero-order chi connectivity index (χ0) is 21.7. The molecule has 3 aromatic heterocycles. The Labute approximate surface area is 177 Å². The van der Waals surface area contributed by atoms with Crippen molar-refractivity contribution in [3.63, 3.8) is 0 Å². The number of aryl methyl sites for hydroxylation is 2. The Balaban J connectivity index is 1.81. The molecule has 8 nitrogen and oxygen atoms in total. The molecule has 5 rings (SSSR count). The van der Waals surface area contributed by atoms with E-state index in [0.29, 0.717) is 30.1 Å². The summed E-state index contributed by atoms with van der Waals surface area (Å²) >= 11 is 0. The molecule has 0 saturated heterocycles. The summed E-state index contributed by atoms with van der Waals surface area (Å²) in [7, 11) is 4.80. The third-order valence-electron chi connectivity index (χ3n) is 5.83. The number of rotatable bonds is 5. The second kappa shape index (κ2) is 7.24. The van der Waals surface area contributed by atoms with Crippen molar-refractivity contribution in [2.24, 2.45) is 14.1 Å². The second-order valence-corrected chi connectivity index (χ2v) is 7.73. The van der Waals surface area contributed by atoms with E-state index < -0.39 is 0 Å². The zero-order valence-electron chi connectivity index (χ0n) is 17.7. The molecule has 8 heteroatoms. The van der Waals surface area contributed by atoms with E-state index in [9.17, 15) is 9.59 Å². The highest BCUT2D eigenvalue weighted by molar-refractivity contribution is 5.87. The Hall–Kier alpha value is -3.65. The fraction of sp³-hybridized carbons (Fsp3) is 0.261.